The minimum absolute atomic E-state index is 0. The molecule has 0 aliphatic carbocycles. The molecule has 2 heterocycles. The van der Waals surface area contributed by atoms with Crippen LogP contribution in [0.4, 0.5) is 4.39 Å². The standard InChI is InChI=1S/C18H22FN3O.ClH/c1-12-10-17(18(23)21-11-15-4-3-9-20-15)13(2)22(12)16-7-5-14(19)6-8-16;/h5-8,10,15,20H,3-4,9,11H2,1-2H3,(H,21,23);1H. The van der Waals surface area contributed by atoms with Crippen LogP contribution in [0.25, 0.3) is 5.69 Å². The number of halogens is 2. The number of nitrogens with one attached hydrogen (secondary N) is 2. The number of nitrogens with zero attached hydrogens (tertiary/aromatic N) is 1. The van der Waals surface area contributed by atoms with Crippen molar-refractivity contribution in [1.82, 2.24) is 15.2 Å². The van der Waals surface area contributed by atoms with Gasteiger partial charge in [0, 0.05) is 29.7 Å². The second kappa shape index (κ2) is 7.81. The molecule has 0 spiro atoms. The fourth-order valence-corrected chi connectivity index (χ4v) is 3.22. The first-order valence-electron chi connectivity index (χ1n) is 8.02. The van der Waals surface area contributed by atoms with Crippen molar-refractivity contribution in [3.63, 3.8) is 0 Å². The molecule has 1 atom stereocenters. The summed E-state index contributed by atoms with van der Waals surface area (Å²) in [4.78, 5) is 12.5. The summed E-state index contributed by atoms with van der Waals surface area (Å²) in [5.41, 5.74) is 3.35. The molecule has 4 nitrogen and oxygen atoms in total. The first kappa shape index (κ1) is 18.5. The van der Waals surface area contributed by atoms with Gasteiger partial charge in [0.05, 0.1) is 5.56 Å². The number of amides is 1. The Bertz CT molecular complexity index is 706. The van der Waals surface area contributed by atoms with Gasteiger partial charge in [-0.3, -0.25) is 4.79 Å². The van der Waals surface area contributed by atoms with Crippen LogP contribution >= 0.6 is 12.4 Å². The molecule has 1 aromatic carbocycles. The summed E-state index contributed by atoms with van der Waals surface area (Å²) in [6.07, 6.45) is 2.27. The lowest BCUT2D eigenvalue weighted by Crippen LogP contribution is -2.37. The van der Waals surface area contributed by atoms with Crippen molar-refractivity contribution in [1.29, 1.82) is 0 Å². The third-order valence-corrected chi connectivity index (χ3v) is 4.43. The van der Waals surface area contributed by atoms with Crippen LogP contribution in [0.2, 0.25) is 0 Å². The van der Waals surface area contributed by atoms with Gasteiger partial charge in [-0.1, -0.05) is 0 Å². The van der Waals surface area contributed by atoms with Gasteiger partial charge in [0.1, 0.15) is 5.82 Å². The third-order valence-electron chi connectivity index (χ3n) is 4.43. The first-order chi connectivity index (χ1) is 11.1. The maximum absolute atomic E-state index is 13.1. The Labute approximate surface area is 147 Å². The monoisotopic (exact) mass is 351 g/mol. The van der Waals surface area contributed by atoms with Crippen molar-refractivity contribution in [3.05, 3.63) is 53.1 Å². The van der Waals surface area contributed by atoms with Crippen LogP contribution in [0.3, 0.4) is 0 Å². The highest BCUT2D eigenvalue weighted by Crippen LogP contribution is 2.21. The lowest BCUT2D eigenvalue weighted by atomic mass is 10.2. The predicted octanol–water partition coefficient (Wildman–Crippen LogP) is 3.14. The zero-order chi connectivity index (χ0) is 16.4. The Morgan fingerprint density at radius 3 is 2.67 bits per heavy atom. The summed E-state index contributed by atoms with van der Waals surface area (Å²) < 4.78 is 15.1. The lowest BCUT2D eigenvalue weighted by Gasteiger charge is -2.12. The first-order valence-corrected chi connectivity index (χ1v) is 8.02. The zero-order valence-electron chi connectivity index (χ0n) is 13.9. The van der Waals surface area contributed by atoms with Crippen molar-refractivity contribution < 1.29 is 9.18 Å². The smallest absolute Gasteiger partial charge is 0.253 e. The summed E-state index contributed by atoms with van der Waals surface area (Å²) >= 11 is 0. The van der Waals surface area contributed by atoms with E-state index < -0.39 is 0 Å². The molecule has 1 aliphatic heterocycles. The second-order valence-electron chi connectivity index (χ2n) is 6.10. The van der Waals surface area contributed by atoms with Gasteiger partial charge in [-0.25, -0.2) is 4.39 Å². The number of hydrogen-bond acceptors (Lipinski definition) is 2. The van der Waals surface area contributed by atoms with Crippen molar-refractivity contribution in [2.24, 2.45) is 0 Å². The molecule has 6 heteroatoms. The third kappa shape index (κ3) is 3.79. The van der Waals surface area contributed by atoms with Gasteiger partial charge in [0.25, 0.3) is 5.91 Å². The van der Waals surface area contributed by atoms with Crippen molar-refractivity contribution in [3.8, 4) is 5.69 Å². The van der Waals surface area contributed by atoms with Gasteiger partial charge in [-0.2, -0.15) is 0 Å². The SMILES string of the molecule is Cc1cc(C(=O)NCC2CCCN2)c(C)n1-c1ccc(F)cc1.Cl. The van der Waals surface area contributed by atoms with Crippen LogP contribution in [0, 0.1) is 19.7 Å². The molecule has 2 N–H and O–H groups in total. The molecule has 3 rings (SSSR count). The van der Waals surface area contributed by atoms with Crippen molar-refractivity contribution in [2.45, 2.75) is 32.7 Å². The molecule has 24 heavy (non-hydrogen) atoms. The Balaban J connectivity index is 0.00000208. The highest BCUT2D eigenvalue weighted by molar-refractivity contribution is 5.96. The average Bonchev–Trinajstić information content (AvgIpc) is 3.14. The molecular formula is C18H23ClFN3O. The molecule has 1 unspecified atom stereocenters. The predicted molar refractivity (Wildman–Crippen MR) is 95.8 cm³/mol. The number of rotatable bonds is 4. The summed E-state index contributed by atoms with van der Waals surface area (Å²) in [7, 11) is 0. The average molecular weight is 352 g/mol. The quantitative estimate of drug-likeness (QED) is 0.889. The molecule has 1 saturated heterocycles. The Hall–Kier alpha value is -1.85. The van der Waals surface area contributed by atoms with Gasteiger partial charge in [0.15, 0.2) is 0 Å². The van der Waals surface area contributed by atoms with Gasteiger partial charge in [0.2, 0.25) is 0 Å². The number of carbonyl (C=O) groups is 1. The highest BCUT2D eigenvalue weighted by Gasteiger charge is 2.19. The van der Waals surface area contributed by atoms with E-state index in [4.69, 9.17) is 0 Å². The molecule has 1 aromatic heterocycles. The van der Waals surface area contributed by atoms with E-state index in [0.29, 0.717) is 18.2 Å². The Kier molecular flexibility index (Phi) is 6.02. The van der Waals surface area contributed by atoms with Gasteiger partial charge >= 0.3 is 0 Å². The zero-order valence-corrected chi connectivity index (χ0v) is 14.8. The largest absolute Gasteiger partial charge is 0.350 e. The van der Waals surface area contributed by atoms with Crippen LogP contribution in [0.1, 0.15) is 34.6 Å². The Morgan fingerprint density at radius 2 is 2.04 bits per heavy atom. The fourth-order valence-electron chi connectivity index (χ4n) is 3.22. The van der Waals surface area contributed by atoms with Crippen molar-refractivity contribution in [2.75, 3.05) is 13.1 Å². The maximum atomic E-state index is 13.1. The maximum Gasteiger partial charge on any atom is 0.253 e. The van der Waals surface area contributed by atoms with Crippen molar-refractivity contribution >= 4 is 18.3 Å². The summed E-state index contributed by atoms with van der Waals surface area (Å²) in [5.74, 6) is -0.321. The lowest BCUT2D eigenvalue weighted by molar-refractivity contribution is 0.0949. The fraction of sp³-hybridized carbons (Fsp3) is 0.389. The van der Waals surface area contributed by atoms with E-state index >= 15 is 0 Å². The number of benzene rings is 1. The van der Waals surface area contributed by atoms with Crippen LogP contribution in [-0.4, -0.2) is 29.6 Å². The van der Waals surface area contributed by atoms with Crippen LogP contribution in [0.5, 0.6) is 0 Å². The molecule has 130 valence electrons. The van der Waals surface area contributed by atoms with Gasteiger partial charge in [-0.05, 0) is 63.6 Å². The summed E-state index contributed by atoms with van der Waals surface area (Å²) in [6.45, 7) is 5.55. The number of aryl methyl sites for hydroxylation is 1. The van der Waals surface area contributed by atoms with E-state index in [2.05, 4.69) is 10.6 Å². The minimum atomic E-state index is -0.266. The summed E-state index contributed by atoms with van der Waals surface area (Å²) in [5, 5.41) is 6.38. The molecular weight excluding hydrogens is 329 g/mol. The van der Waals surface area contributed by atoms with E-state index in [1.165, 1.54) is 18.6 Å². The van der Waals surface area contributed by atoms with Crippen LogP contribution in [-0.2, 0) is 0 Å². The number of aromatic nitrogens is 1. The van der Waals surface area contributed by atoms with Gasteiger partial charge < -0.3 is 15.2 Å². The molecule has 1 amide bonds. The molecule has 1 aliphatic rings. The number of carbonyl (C=O) groups excluding carboxylic acids is 1. The van der Waals surface area contributed by atoms with Crippen LogP contribution in [0.15, 0.2) is 30.3 Å². The highest BCUT2D eigenvalue weighted by atomic mass is 35.5. The molecule has 1 fully saturated rings. The molecule has 2 aromatic rings. The van der Waals surface area contributed by atoms with Gasteiger partial charge in [-0.15, -0.1) is 12.4 Å². The number of hydrogen-bond donors (Lipinski definition) is 2. The summed E-state index contributed by atoms with van der Waals surface area (Å²) in [6, 6.07) is 8.56. The van der Waals surface area contributed by atoms with E-state index in [-0.39, 0.29) is 24.1 Å². The normalized spacial score (nSPS) is 16.7. The topological polar surface area (TPSA) is 46.1 Å². The van der Waals surface area contributed by atoms with E-state index in [0.717, 1.165) is 30.0 Å². The molecule has 0 bridgehead atoms. The molecule has 0 saturated carbocycles. The second-order valence-corrected chi connectivity index (χ2v) is 6.10. The minimum Gasteiger partial charge on any atom is -0.350 e. The van der Waals surface area contributed by atoms with Crippen LogP contribution < -0.4 is 10.6 Å². The van der Waals surface area contributed by atoms with E-state index in [1.54, 1.807) is 12.1 Å². The molecule has 0 radical (unpaired) electrons. The van der Waals surface area contributed by atoms with E-state index in [1.807, 2.05) is 24.5 Å². The Morgan fingerprint density at radius 1 is 1.33 bits per heavy atom. The van der Waals surface area contributed by atoms with E-state index in [9.17, 15) is 9.18 Å².